The molecule has 27 heavy (non-hydrogen) atoms. The first kappa shape index (κ1) is 22.4. The molecular formula is C17H28N4O6. The highest BCUT2D eigenvalue weighted by molar-refractivity contribution is 6.08. The van der Waals surface area contributed by atoms with Gasteiger partial charge >= 0.3 is 18.0 Å². The van der Waals surface area contributed by atoms with Crippen LogP contribution in [0.2, 0.25) is 0 Å². The summed E-state index contributed by atoms with van der Waals surface area (Å²) >= 11 is 0. The molecule has 0 aromatic heterocycles. The van der Waals surface area contributed by atoms with E-state index in [9.17, 15) is 24.0 Å². The molecule has 10 heteroatoms. The molecule has 1 heterocycles. The van der Waals surface area contributed by atoms with Gasteiger partial charge in [0.05, 0.1) is 0 Å². The molecule has 1 aliphatic rings. The lowest BCUT2D eigenvalue weighted by Gasteiger charge is -2.22. The van der Waals surface area contributed by atoms with E-state index in [0.29, 0.717) is 25.3 Å². The Morgan fingerprint density at radius 2 is 1.93 bits per heavy atom. The van der Waals surface area contributed by atoms with Crippen LogP contribution in [0.4, 0.5) is 9.59 Å². The highest BCUT2D eigenvalue weighted by atomic mass is 16.5. The largest absolute Gasteiger partial charge is 0.454 e. The van der Waals surface area contributed by atoms with Crippen LogP contribution < -0.4 is 16.0 Å². The maximum absolute atomic E-state index is 12.5. The van der Waals surface area contributed by atoms with E-state index in [2.05, 4.69) is 10.6 Å². The predicted octanol–water partition coefficient (Wildman–Crippen LogP) is 0.512. The molecule has 1 rings (SSSR count). The lowest BCUT2D eigenvalue weighted by atomic mass is 9.92. The first-order valence-corrected chi connectivity index (χ1v) is 8.96. The van der Waals surface area contributed by atoms with Gasteiger partial charge in [-0.25, -0.2) is 9.59 Å². The average molecular weight is 384 g/mol. The van der Waals surface area contributed by atoms with E-state index in [1.165, 1.54) is 0 Å². The molecule has 0 unspecified atom stereocenters. The van der Waals surface area contributed by atoms with Crippen LogP contribution in [0.5, 0.6) is 0 Å². The second-order valence-corrected chi connectivity index (χ2v) is 7.05. The Morgan fingerprint density at radius 1 is 1.26 bits per heavy atom. The molecule has 0 radical (unpaired) electrons. The zero-order valence-electron chi connectivity index (χ0n) is 16.2. The van der Waals surface area contributed by atoms with Crippen molar-refractivity contribution in [1.29, 1.82) is 0 Å². The lowest BCUT2D eigenvalue weighted by molar-refractivity contribution is -0.150. The van der Waals surface area contributed by atoms with Gasteiger partial charge in [-0.3, -0.25) is 24.6 Å². The van der Waals surface area contributed by atoms with Gasteiger partial charge in [0.2, 0.25) is 0 Å². The van der Waals surface area contributed by atoms with Crippen molar-refractivity contribution in [2.45, 2.75) is 52.5 Å². The zero-order chi connectivity index (χ0) is 20.6. The molecule has 0 bridgehead atoms. The minimum absolute atomic E-state index is 0.360. The van der Waals surface area contributed by atoms with E-state index < -0.39 is 48.5 Å². The van der Waals surface area contributed by atoms with Crippen molar-refractivity contribution in [3.8, 4) is 0 Å². The molecule has 6 amide bonds. The van der Waals surface area contributed by atoms with Crippen molar-refractivity contribution in [1.82, 2.24) is 20.9 Å². The van der Waals surface area contributed by atoms with E-state index in [4.69, 9.17) is 4.74 Å². The average Bonchev–Trinajstić information content (AvgIpc) is 2.80. The summed E-state index contributed by atoms with van der Waals surface area (Å²) < 4.78 is 4.73. The number of imide groups is 2. The standard InChI is InChI=1S/C17H28N4O6/c1-5-8-18-15(25)19-12(22)10-27-13(23)9-21-14(24)17(4,20-16(21)26)7-6-11(2)3/h11H,5-10H2,1-4H3,(H,20,26)(H2,18,19,22,25)/t17-/m1/s1. The molecule has 3 N–H and O–H groups in total. The van der Waals surface area contributed by atoms with Gasteiger partial charge in [0.1, 0.15) is 12.1 Å². The topological polar surface area (TPSA) is 134 Å². The van der Waals surface area contributed by atoms with Crippen molar-refractivity contribution in [3.63, 3.8) is 0 Å². The van der Waals surface area contributed by atoms with Crippen molar-refractivity contribution < 1.29 is 28.7 Å². The van der Waals surface area contributed by atoms with Crippen LogP contribution in [0, 0.1) is 5.92 Å². The molecule has 10 nitrogen and oxygen atoms in total. The molecule has 0 aliphatic carbocycles. The monoisotopic (exact) mass is 384 g/mol. The van der Waals surface area contributed by atoms with Gasteiger partial charge in [-0.1, -0.05) is 20.8 Å². The fourth-order valence-corrected chi connectivity index (χ4v) is 2.40. The Kier molecular flexibility index (Phi) is 8.20. The van der Waals surface area contributed by atoms with Gasteiger partial charge in [0.15, 0.2) is 6.61 Å². The maximum atomic E-state index is 12.5. The van der Waals surface area contributed by atoms with Crippen molar-refractivity contribution in [3.05, 3.63) is 0 Å². The molecule has 0 aromatic carbocycles. The zero-order valence-corrected chi connectivity index (χ0v) is 16.2. The van der Waals surface area contributed by atoms with Crippen LogP contribution in [-0.4, -0.2) is 60.0 Å². The van der Waals surface area contributed by atoms with Gasteiger partial charge < -0.3 is 15.4 Å². The van der Waals surface area contributed by atoms with Crippen molar-refractivity contribution in [2.75, 3.05) is 19.7 Å². The van der Waals surface area contributed by atoms with Gasteiger partial charge in [-0.05, 0) is 32.1 Å². The number of rotatable bonds is 9. The predicted molar refractivity (Wildman–Crippen MR) is 95.5 cm³/mol. The molecule has 0 aromatic rings. The third-order valence-corrected chi connectivity index (χ3v) is 4.01. The number of hydrogen-bond acceptors (Lipinski definition) is 6. The molecule has 0 spiro atoms. The minimum atomic E-state index is -1.06. The highest BCUT2D eigenvalue weighted by Crippen LogP contribution is 2.24. The summed E-state index contributed by atoms with van der Waals surface area (Å²) in [6.45, 7) is 6.60. The molecule has 1 fully saturated rings. The Bertz CT molecular complexity index is 606. The number of esters is 1. The van der Waals surface area contributed by atoms with Crippen LogP contribution in [0.1, 0.15) is 47.0 Å². The molecule has 1 saturated heterocycles. The smallest absolute Gasteiger partial charge is 0.326 e. The molecular weight excluding hydrogens is 356 g/mol. The Labute approximate surface area is 158 Å². The fourth-order valence-electron chi connectivity index (χ4n) is 2.40. The Balaban J connectivity index is 2.47. The third-order valence-electron chi connectivity index (χ3n) is 4.01. The summed E-state index contributed by atoms with van der Waals surface area (Å²) in [7, 11) is 0. The van der Waals surface area contributed by atoms with Gasteiger partial charge in [-0.2, -0.15) is 0 Å². The van der Waals surface area contributed by atoms with Crippen LogP contribution in [0.25, 0.3) is 0 Å². The van der Waals surface area contributed by atoms with Crippen molar-refractivity contribution >= 4 is 29.8 Å². The first-order chi connectivity index (χ1) is 12.6. The molecule has 152 valence electrons. The van der Waals surface area contributed by atoms with E-state index in [1.54, 1.807) is 6.92 Å². The van der Waals surface area contributed by atoms with Gasteiger partial charge in [-0.15, -0.1) is 0 Å². The Morgan fingerprint density at radius 3 is 2.52 bits per heavy atom. The lowest BCUT2D eigenvalue weighted by Crippen LogP contribution is -2.45. The Hall–Kier alpha value is -2.65. The summed E-state index contributed by atoms with van der Waals surface area (Å²) in [5.41, 5.74) is -1.06. The van der Waals surface area contributed by atoms with E-state index in [-0.39, 0.29) is 0 Å². The fraction of sp³-hybridized carbons (Fsp3) is 0.706. The minimum Gasteiger partial charge on any atom is -0.454 e. The van der Waals surface area contributed by atoms with Crippen LogP contribution in [-0.2, 0) is 19.1 Å². The number of ether oxygens (including phenoxy) is 1. The second kappa shape index (κ2) is 9.89. The summed E-state index contributed by atoms with van der Waals surface area (Å²) in [5, 5.41) is 7.03. The first-order valence-electron chi connectivity index (χ1n) is 8.96. The quantitative estimate of drug-likeness (QED) is 0.392. The van der Waals surface area contributed by atoms with Gasteiger partial charge in [0, 0.05) is 6.54 Å². The number of urea groups is 2. The number of amides is 6. The third kappa shape index (κ3) is 6.87. The van der Waals surface area contributed by atoms with E-state index in [0.717, 1.165) is 11.3 Å². The summed E-state index contributed by atoms with van der Waals surface area (Å²) in [4.78, 5) is 60.0. The summed E-state index contributed by atoms with van der Waals surface area (Å²) in [6.07, 6.45) is 1.90. The molecule has 0 saturated carbocycles. The second-order valence-electron chi connectivity index (χ2n) is 7.05. The van der Waals surface area contributed by atoms with Crippen LogP contribution in [0.15, 0.2) is 0 Å². The summed E-state index contributed by atoms with van der Waals surface area (Å²) in [6, 6.07) is -1.36. The SMILES string of the molecule is CCCNC(=O)NC(=O)COC(=O)CN1C(=O)N[C@](C)(CCC(C)C)C1=O. The number of nitrogens with zero attached hydrogens (tertiary/aromatic N) is 1. The number of nitrogens with one attached hydrogen (secondary N) is 3. The maximum Gasteiger partial charge on any atom is 0.326 e. The van der Waals surface area contributed by atoms with E-state index in [1.807, 2.05) is 26.1 Å². The number of carbonyl (C=O) groups is 5. The number of hydrogen-bond donors (Lipinski definition) is 3. The van der Waals surface area contributed by atoms with Crippen LogP contribution in [0.3, 0.4) is 0 Å². The normalized spacial score (nSPS) is 19.1. The van der Waals surface area contributed by atoms with Crippen molar-refractivity contribution in [2.24, 2.45) is 5.92 Å². The van der Waals surface area contributed by atoms with Crippen LogP contribution >= 0.6 is 0 Å². The molecule has 1 atom stereocenters. The number of carbonyl (C=O) groups excluding carboxylic acids is 5. The molecule has 1 aliphatic heterocycles. The van der Waals surface area contributed by atoms with E-state index >= 15 is 0 Å². The highest BCUT2D eigenvalue weighted by Gasteiger charge is 2.48. The summed E-state index contributed by atoms with van der Waals surface area (Å²) in [5.74, 6) is -1.88. The van der Waals surface area contributed by atoms with Gasteiger partial charge in [0.25, 0.3) is 11.8 Å².